The van der Waals surface area contributed by atoms with Crippen LogP contribution in [0.1, 0.15) is 42.6 Å². The Morgan fingerprint density at radius 2 is 1.67 bits per heavy atom. The van der Waals surface area contributed by atoms with E-state index in [2.05, 4.69) is 34.1 Å². The molecule has 0 atom stereocenters. The van der Waals surface area contributed by atoms with E-state index in [1.165, 1.54) is 11.3 Å². The number of carbonyl (C=O) groups excluding carboxylic acids is 3. The van der Waals surface area contributed by atoms with Gasteiger partial charge in [0.15, 0.2) is 5.13 Å². The summed E-state index contributed by atoms with van der Waals surface area (Å²) in [4.78, 5) is 55.9. The number of likely N-dealkylation sites (tertiary alicyclic amines) is 1. The molecule has 4 amide bonds. The molecule has 0 unspecified atom stereocenters. The summed E-state index contributed by atoms with van der Waals surface area (Å²) < 4.78 is 0. The van der Waals surface area contributed by atoms with Gasteiger partial charge in [-0.15, -0.1) is 11.3 Å². The predicted molar refractivity (Wildman–Crippen MR) is 123 cm³/mol. The maximum atomic E-state index is 12.5. The first-order chi connectivity index (χ1) is 15.7. The Morgan fingerprint density at radius 1 is 1.00 bits per heavy atom. The van der Waals surface area contributed by atoms with Crippen molar-refractivity contribution in [3.63, 3.8) is 0 Å². The maximum absolute atomic E-state index is 12.5. The number of carboxylic acid groups (broad SMARTS) is 1. The Hall–Kier alpha value is -3.41. The Labute approximate surface area is 195 Å². The van der Waals surface area contributed by atoms with Crippen LogP contribution in [0.4, 0.5) is 9.93 Å². The van der Waals surface area contributed by atoms with Crippen molar-refractivity contribution in [2.45, 2.75) is 38.1 Å². The molecule has 0 bridgehead atoms. The van der Waals surface area contributed by atoms with Crippen LogP contribution in [0, 0.1) is 0 Å². The van der Waals surface area contributed by atoms with Crippen LogP contribution in [0.5, 0.6) is 0 Å². The van der Waals surface area contributed by atoms with Crippen LogP contribution in [0.2, 0.25) is 0 Å². The molecule has 0 spiro atoms. The first kappa shape index (κ1) is 24.2. The van der Waals surface area contributed by atoms with Crippen molar-refractivity contribution in [2.75, 3.05) is 31.1 Å². The molecule has 178 valence electrons. The highest BCUT2D eigenvalue weighted by atomic mass is 32.1. The Kier molecular flexibility index (Phi) is 8.04. The topological polar surface area (TPSA) is 144 Å². The molecule has 0 aliphatic carbocycles. The van der Waals surface area contributed by atoms with Crippen LogP contribution < -0.4 is 20.9 Å². The van der Waals surface area contributed by atoms with E-state index in [1.807, 2.05) is 4.90 Å². The number of nitrogens with zero attached hydrogens (tertiary/aromatic N) is 3. The fraction of sp³-hybridized carbons (Fsp3) is 0.476. The normalized spacial score (nSPS) is 16.6. The molecule has 2 aliphatic heterocycles. The van der Waals surface area contributed by atoms with E-state index in [1.54, 1.807) is 10.3 Å². The van der Waals surface area contributed by atoms with Crippen LogP contribution in [-0.2, 0) is 9.59 Å². The molecule has 0 radical (unpaired) electrons. The average Bonchev–Trinajstić information content (AvgIpc) is 3.29. The standard InChI is InChI=1S/C21H28N6O5S/c1-13(17(28)23-14(2)19(30)26-8-4-3-5-9-26)22-18(29)16-12-33-20(25-16)27-10-6-15(7-11-27)24-21(31)32/h12,15,24H,1-11H2,(H,22,29)(H,23,28)(H,31,32). The molecule has 2 fully saturated rings. The van der Waals surface area contributed by atoms with Gasteiger partial charge in [-0.25, -0.2) is 9.78 Å². The zero-order valence-electron chi connectivity index (χ0n) is 18.3. The molecule has 0 saturated carbocycles. The lowest BCUT2D eigenvalue weighted by molar-refractivity contribution is -0.129. The van der Waals surface area contributed by atoms with E-state index >= 15 is 0 Å². The lowest BCUT2D eigenvalue weighted by atomic mass is 10.1. The van der Waals surface area contributed by atoms with Gasteiger partial charge in [-0.3, -0.25) is 14.4 Å². The van der Waals surface area contributed by atoms with E-state index in [0.29, 0.717) is 44.2 Å². The minimum Gasteiger partial charge on any atom is -0.465 e. The second-order valence-electron chi connectivity index (χ2n) is 7.94. The summed E-state index contributed by atoms with van der Waals surface area (Å²) in [5, 5.41) is 18.3. The highest BCUT2D eigenvalue weighted by Crippen LogP contribution is 2.24. The van der Waals surface area contributed by atoms with Gasteiger partial charge >= 0.3 is 6.09 Å². The summed E-state index contributed by atoms with van der Waals surface area (Å²) >= 11 is 1.29. The highest BCUT2D eigenvalue weighted by Gasteiger charge is 2.25. The molecule has 3 rings (SSSR count). The molecule has 33 heavy (non-hydrogen) atoms. The molecule has 4 N–H and O–H groups in total. The van der Waals surface area contributed by atoms with Crippen LogP contribution in [-0.4, -0.2) is 71.0 Å². The third-order valence-electron chi connectivity index (χ3n) is 5.52. The number of amides is 4. The highest BCUT2D eigenvalue weighted by molar-refractivity contribution is 7.13. The maximum Gasteiger partial charge on any atom is 0.404 e. The number of hydrogen-bond acceptors (Lipinski definition) is 7. The van der Waals surface area contributed by atoms with Crippen LogP contribution >= 0.6 is 11.3 Å². The van der Waals surface area contributed by atoms with Crippen molar-refractivity contribution >= 4 is 40.3 Å². The Bertz CT molecular complexity index is 947. The molecule has 2 aliphatic rings. The summed E-state index contributed by atoms with van der Waals surface area (Å²) in [5.41, 5.74) is -0.144. The van der Waals surface area contributed by atoms with Gasteiger partial charge in [-0.1, -0.05) is 13.2 Å². The van der Waals surface area contributed by atoms with Gasteiger partial charge in [0.05, 0.1) is 11.4 Å². The summed E-state index contributed by atoms with van der Waals surface area (Å²) in [6.07, 6.45) is 3.16. The van der Waals surface area contributed by atoms with Gasteiger partial charge in [-0.2, -0.15) is 0 Å². The monoisotopic (exact) mass is 476 g/mol. The van der Waals surface area contributed by atoms with Crippen molar-refractivity contribution in [1.82, 2.24) is 25.8 Å². The first-order valence-electron chi connectivity index (χ1n) is 10.7. The smallest absolute Gasteiger partial charge is 0.404 e. The number of carbonyl (C=O) groups is 4. The van der Waals surface area contributed by atoms with Crippen molar-refractivity contribution in [2.24, 2.45) is 0 Å². The molecule has 12 heteroatoms. The van der Waals surface area contributed by atoms with Crippen molar-refractivity contribution in [3.8, 4) is 0 Å². The second-order valence-corrected chi connectivity index (χ2v) is 8.78. The quantitative estimate of drug-likeness (QED) is 0.434. The van der Waals surface area contributed by atoms with E-state index in [4.69, 9.17) is 5.11 Å². The van der Waals surface area contributed by atoms with Gasteiger partial charge in [0.2, 0.25) is 0 Å². The largest absolute Gasteiger partial charge is 0.465 e. The van der Waals surface area contributed by atoms with Gasteiger partial charge in [0.1, 0.15) is 5.69 Å². The third-order valence-corrected chi connectivity index (χ3v) is 6.42. The molecule has 2 saturated heterocycles. The van der Waals surface area contributed by atoms with Crippen LogP contribution in [0.3, 0.4) is 0 Å². The van der Waals surface area contributed by atoms with Gasteiger partial charge in [0.25, 0.3) is 17.7 Å². The van der Waals surface area contributed by atoms with Crippen LogP contribution in [0.25, 0.3) is 0 Å². The van der Waals surface area contributed by atoms with Gasteiger partial charge in [0, 0.05) is 37.6 Å². The lowest BCUT2D eigenvalue weighted by Crippen LogP contribution is -2.44. The fourth-order valence-electron chi connectivity index (χ4n) is 3.72. The summed E-state index contributed by atoms with van der Waals surface area (Å²) in [6, 6.07) is -0.0973. The number of hydrogen-bond donors (Lipinski definition) is 4. The predicted octanol–water partition coefficient (Wildman–Crippen LogP) is 1.27. The van der Waals surface area contributed by atoms with E-state index in [9.17, 15) is 19.2 Å². The molecular weight excluding hydrogens is 448 g/mol. The average molecular weight is 477 g/mol. The van der Waals surface area contributed by atoms with Crippen molar-refractivity contribution in [3.05, 3.63) is 35.6 Å². The van der Waals surface area contributed by atoms with E-state index in [-0.39, 0.29) is 29.0 Å². The van der Waals surface area contributed by atoms with Gasteiger partial charge in [-0.05, 0) is 32.1 Å². The third kappa shape index (κ3) is 6.54. The fourth-order valence-corrected chi connectivity index (χ4v) is 4.57. The Balaban J connectivity index is 1.48. The minimum atomic E-state index is -1.04. The summed E-state index contributed by atoms with van der Waals surface area (Å²) in [6.45, 7) is 9.70. The molecule has 0 aromatic carbocycles. The Morgan fingerprint density at radius 3 is 2.30 bits per heavy atom. The summed E-state index contributed by atoms with van der Waals surface area (Å²) in [5.74, 6) is -1.65. The molecule has 1 aromatic heterocycles. The van der Waals surface area contributed by atoms with Gasteiger partial charge < -0.3 is 30.9 Å². The zero-order valence-corrected chi connectivity index (χ0v) is 19.1. The van der Waals surface area contributed by atoms with E-state index in [0.717, 1.165) is 19.3 Å². The number of rotatable bonds is 7. The van der Waals surface area contributed by atoms with E-state index < -0.39 is 17.9 Å². The number of thiazole rings is 1. The van der Waals surface area contributed by atoms with Crippen molar-refractivity contribution < 1.29 is 24.3 Å². The number of nitrogens with one attached hydrogen (secondary N) is 3. The molecule has 11 nitrogen and oxygen atoms in total. The summed E-state index contributed by atoms with van der Waals surface area (Å²) in [7, 11) is 0. The number of anilines is 1. The minimum absolute atomic E-state index is 0.0611. The zero-order chi connectivity index (χ0) is 24.0. The lowest BCUT2D eigenvalue weighted by Gasteiger charge is -2.31. The van der Waals surface area contributed by atoms with Crippen molar-refractivity contribution in [1.29, 1.82) is 0 Å². The molecular formula is C21H28N6O5S. The second kappa shape index (κ2) is 10.9. The first-order valence-corrected chi connectivity index (χ1v) is 11.6. The molecule has 3 heterocycles. The number of aromatic nitrogens is 1. The SMILES string of the molecule is C=C(NC(=O)c1csc(N2CCC(NC(=O)O)CC2)n1)C(=O)NC(=C)C(=O)N1CCCCC1. The van der Waals surface area contributed by atoms with Crippen LogP contribution in [0.15, 0.2) is 29.9 Å². The molecule has 1 aromatic rings. The number of piperidine rings is 2.